The summed E-state index contributed by atoms with van der Waals surface area (Å²) in [6.07, 6.45) is 0.616. The van der Waals surface area contributed by atoms with Crippen LogP contribution in [0.15, 0.2) is 34.1 Å². The van der Waals surface area contributed by atoms with Gasteiger partial charge in [-0.25, -0.2) is 4.98 Å². The lowest BCUT2D eigenvalue weighted by atomic mass is 10.1. The molecule has 0 bridgehead atoms. The summed E-state index contributed by atoms with van der Waals surface area (Å²) < 4.78 is 6.85. The first kappa shape index (κ1) is 16.6. The van der Waals surface area contributed by atoms with Crippen molar-refractivity contribution < 1.29 is 9.53 Å². The average molecular weight is 396 g/mol. The number of carbonyl (C=O) groups excluding carboxylic acids is 1. The van der Waals surface area contributed by atoms with Crippen molar-refractivity contribution in [2.24, 2.45) is 5.73 Å². The summed E-state index contributed by atoms with van der Waals surface area (Å²) in [6, 6.07) is 8.01. The van der Waals surface area contributed by atoms with E-state index < -0.39 is 0 Å². The molecule has 122 valence electrons. The van der Waals surface area contributed by atoms with Crippen molar-refractivity contribution in [2.75, 3.05) is 26.2 Å². The van der Waals surface area contributed by atoms with Crippen LogP contribution in [0.1, 0.15) is 27.2 Å². The monoisotopic (exact) mass is 395 g/mol. The maximum atomic E-state index is 12.6. The Kier molecular flexibility index (Phi) is 5.42. The van der Waals surface area contributed by atoms with Gasteiger partial charge in [-0.3, -0.25) is 4.79 Å². The average Bonchev–Trinajstić information content (AvgIpc) is 3.04. The summed E-state index contributed by atoms with van der Waals surface area (Å²) in [5.74, 6) is -0.0325. The molecule has 1 fully saturated rings. The molecule has 5 nitrogen and oxygen atoms in total. The Morgan fingerprint density at radius 1 is 1.43 bits per heavy atom. The SMILES string of the molecule is NCCc1nc(C(=O)N2CCOC(c3ccc(Br)cc3)C2)cs1. The Morgan fingerprint density at radius 3 is 2.96 bits per heavy atom. The fourth-order valence-electron chi connectivity index (χ4n) is 2.52. The quantitative estimate of drug-likeness (QED) is 0.863. The zero-order valence-electron chi connectivity index (χ0n) is 12.6. The molecule has 1 aliphatic rings. The van der Waals surface area contributed by atoms with Crippen molar-refractivity contribution in [1.29, 1.82) is 0 Å². The number of nitrogens with two attached hydrogens (primary N) is 1. The van der Waals surface area contributed by atoms with Gasteiger partial charge in [0, 0.05) is 22.8 Å². The highest BCUT2D eigenvalue weighted by Gasteiger charge is 2.27. The van der Waals surface area contributed by atoms with Gasteiger partial charge in [0.15, 0.2) is 0 Å². The third kappa shape index (κ3) is 3.98. The van der Waals surface area contributed by atoms with Gasteiger partial charge in [-0.05, 0) is 24.2 Å². The Balaban J connectivity index is 1.69. The number of benzene rings is 1. The van der Waals surface area contributed by atoms with E-state index in [1.165, 1.54) is 11.3 Å². The van der Waals surface area contributed by atoms with Gasteiger partial charge in [-0.1, -0.05) is 28.1 Å². The minimum absolute atomic E-state index is 0.0325. The number of carbonyl (C=O) groups is 1. The van der Waals surface area contributed by atoms with Crippen molar-refractivity contribution in [3.63, 3.8) is 0 Å². The summed E-state index contributed by atoms with van der Waals surface area (Å²) >= 11 is 4.92. The van der Waals surface area contributed by atoms with E-state index in [1.54, 1.807) is 0 Å². The smallest absolute Gasteiger partial charge is 0.273 e. The third-order valence-electron chi connectivity index (χ3n) is 3.72. The Morgan fingerprint density at radius 2 is 2.22 bits per heavy atom. The number of thiazole rings is 1. The molecule has 1 atom stereocenters. The predicted molar refractivity (Wildman–Crippen MR) is 93.6 cm³/mol. The minimum Gasteiger partial charge on any atom is -0.370 e. The summed E-state index contributed by atoms with van der Waals surface area (Å²) in [6.45, 7) is 2.22. The second-order valence-electron chi connectivity index (χ2n) is 5.33. The van der Waals surface area contributed by atoms with Crippen LogP contribution in [0.25, 0.3) is 0 Å². The number of aromatic nitrogens is 1. The number of hydrogen-bond acceptors (Lipinski definition) is 5. The molecule has 2 aromatic rings. The maximum absolute atomic E-state index is 12.6. The van der Waals surface area contributed by atoms with Gasteiger partial charge >= 0.3 is 0 Å². The first-order chi connectivity index (χ1) is 11.2. The van der Waals surface area contributed by atoms with Crippen LogP contribution in [0, 0.1) is 0 Å². The first-order valence-corrected chi connectivity index (χ1v) is 9.15. The van der Waals surface area contributed by atoms with Gasteiger partial charge in [0.05, 0.1) is 18.2 Å². The van der Waals surface area contributed by atoms with Crippen molar-refractivity contribution in [1.82, 2.24) is 9.88 Å². The molecule has 2 N–H and O–H groups in total. The highest BCUT2D eigenvalue weighted by molar-refractivity contribution is 9.10. The second-order valence-corrected chi connectivity index (χ2v) is 7.19. The molecule has 0 radical (unpaired) electrons. The molecule has 1 amide bonds. The highest BCUT2D eigenvalue weighted by Crippen LogP contribution is 2.25. The van der Waals surface area contributed by atoms with Crippen LogP contribution < -0.4 is 5.73 Å². The normalized spacial score (nSPS) is 18.2. The molecule has 1 aromatic carbocycles. The largest absolute Gasteiger partial charge is 0.370 e. The molecule has 0 spiro atoms. The molecule has 0 saturated carbocycles. The summed E-state index contributed by atoms with van der Waals surface area (Å²) in [7, 11) is 0. The Bertz CT molecular complexity index is 674. The van der Waals surface area contributed by atoms with Crippen molar-refractivity contribution in [3.05, 3.63) is 50.4 Å². The van der Waals surface area contributed by atoms with Crippen LogP contribution in [0.2, 0.25) is 0 Å². The van der Waals surface area contributed by atoms with Gasteiger partial charge in [0.25, 0.3) is 5.91 Å². The molecular weight excluding hydrogens is 378 g/mol. The second kappa shape index (κ2) is 7.53. The molecule has 2 heterocycles. The Labute approximate surface area is 147 Å². The van der Waals surface area contributed by atoms with E-state index in [-0.39, 0.29) is 12.0 Å². The van der Waals surface area contributed by atoms with Gasteiger partial charge in [-0.15, -0.1) is 11.3 Å². The maximum Gasteiger partial charge on any atom is 0.273 e. The summed E-state index contributed by atoms with van der Waals surface area (Å²) in [5.41, 5.74) is 7.12. The molecule has 0 aliphatic carbocycles. The van der Waals surface area contributed by atoms with Crippen molar-refractivity contribution >= 4 is 33.2 Å². The van der Waals surface area contributed by atoms with E-state index in [4.69, 9.17) is 10.5 Å². The van der Waals surface area contributed by atoms with Gasteiger partial charge in [0.1, 0.15) is 11.8 Å². The fourth-order valence-corrected chi connectivity index (χ4v) is 3.57. The number of ether oxygens (including phenoxy) is 1. The van der Waals surface area contributed by atoms with Gasteiger partial charge < -0.3 is 15.4 Å². The highest BCUT2D eigenvalue weighted by atomic mass is 79.9. The van der Waals surface area contributed by atoms with Crippen molar-refractivity contribution in [3.8, 4) is 0 Å². The van der Waals surface area contributed by atoms with E-state index in [0.29, 0.717) is 38.4 Å². The Hall–Kier alpha value is -1.28. The topological polar surface area (TPSA) is 68.5 Å². The lowest BCUT2D eigenvalue weighted by molar-refractivity contribution is -0.0230. The number of hydrogen-bond donors (Lipinski definition) is 1. The summed E-state index contributed by atoms with van der Waals surface area (Å²) in [4.78, 5) is 18.8. The van der Waals surface area contributed by atoms with Crippen LogP contribution >= 0.6 is 27.3 Å². The molecule has 1 aliphatic heterocycles. The number of rotatable bonds is 4. The van der Waals surface area contributed by atoms with Crippen LogP contribution in [0.4, 0.5) is 0 Å². The first-order valence-electron chi connectivity index (χ1n) is 7.48. The van der Waals surface area contributed by atoms with E-state index in [0.717, 1.165) is 15.0 Å². The van der Waals surface area contributed by atoms with Crippen molar-refractivity contribution in [2.45, 2.75) is 12.5 Å². The van der Waals surface area contributed by atoms with Crippen LogP contribution in [0.5, 0.6) is 0 Å². The minimum atomic E-state index is -0.0945. The van der Waals surface area contributed by atoms with E-state index in [9.17, 15) is 4.79 Å². The zero-order chi connectivity index (χ0) is 16.2. The molecule has 7 heteroatoms. The molecule has 1 aromatic heterocycles. The zero-order valence-corrected chi connectivity index (χ0v) is 15.0. The van der Waals surface area contributed by atoms with Gasteiger partial charge in [-0.2, -0.15) is 0 Å². The third-order valence-corrected chi connectivity index (χ3v) is 5.16. The lowest BCUT2D eigenvalue weighted by Crippen LogP contribution is -2.42. The molecule has 1 saturated heterocycles. The van der Waals surface area contributed by atoms with E-state index in [2.05, 4.69) is 20.9 Å². The number of amides is 1. The standard InChI is InChI=1S/C16H18BrN3O2S/c17-12-3-1-11(2-4-12)14-9-20(7-8-22-14)16(21)13-10-23-15(19-13)5-6-18/h1-4,10,14H,5-9,18H2. The lowest BCUT2D eigenvalue weighted by Gasteiger charge is -2.32. The predicted octanol–water partition coefficient (Wildman–Crippen LogP) is 2.62. The van der Waals surface area contributed by atoms with Gasteiger partial charge in [0.2, 0.25) is 0 Å². The molecule has 3 rings (SSSR count). The molecule has 1 unspecified atom stereocenters. The number of nitrogens with zero attached hydrogens (tertiary/aromatic N) is 2. The number of morpholine rings is 1. The molecule has 23 heavy (non-hydrogen) atoms. The fraction of sp³-hybridized carbons (Fsp3) is 0.375. The summed E-state index contributed by atoms with van der Waals surface area (Å²) in [5, 5.41) is 2.73. The van der Waals surface area contributed by atoms with E-state index >= 15 is 0 Å². The molecular formula is C16H18BrN3O2S. The van der Waals surface area contributed by atoms with Crippen LogP contribution in [0.3, 0.4) is 0 Å². The number of halogens is 1. The van der Waals surface area contributed by atoms with E-state index in [1.807, 2.05) is 34.5 Å². The van der Waals surface area contributed by atoms with Crippen LogP contribution in [-0.2, 0) is 11.2 Å². The van der Waals surface area contributed by atoms with Crippen LogP contribution in [-0.4, -0.2) is 42.0 Å².